The lowest BCUT2D eigenvalue weighted by atomic mass is 10.1. The summed E-state index contributed by atoms with van der Waals surface area (Å²) in [7, 11) is 0. The smallest absolute Gasteiger partial charge is 0.283 e. The predicted molar refractivity (Wildman–Crippen MR) is 108 cm³/mol. The van der Waals surface area contributed by atoms with Gasteiger partial charge in [-0.15, -0.1) is 0 Å². The fourth-order valence-electron chi connectivity index (χ4n) is 2.79. The Bertz CT molecular complexity index is 924. The van der Waals surface area contributed by atoms with E-state index in [4.69, 9.17) is 11.6 Å². The van der Waals surface area contributed by atoms with Crippen molar-refractivity contribution in [1.29, 1.82) is 0 Å². The van der Waals surface area contributed by atoms with E-state index >= 15 is 0 Å². The monoisotopic (exact) mass is 395 g/mol. The van der Waals surface area contributed by atoms with Crippen LogP contribution in [0.3, 0.4) is 0 Å². The van der Waals surface area contributed by atoms with Crippen LogP contribution in [0, 0.1) is 10.1 Å². The van der Waals surface area contributed by atoms with Crippen LogP contribution >= 0.6 is 11.6 Å². The van der Waals surface area contributed by atoms with E-state index in [2.05, 4.69) is 5.43 Å². The Morgan fingerprint density at radius 1 is 0.929 bits per heavy atom. The molecular weight excluding hydrogens is 378 g/mol. The first-order valence-corrected chi connectivity index (χ1v) is 8.98. The number of nitrogens with zero attached hydrogens (tertiary/aromatic N) is 2. The Morgan fingerprint density at radius 2 is 1.46 bits per heavy atom. The molecule has 0 spiro atoms. The van der Waals surface area contributed by atoms with Crippen LogP contribution in [-0.4, -0.2) is 15.8 Å². The van der Waals surface area contributed by atoms with Crippen molar-refractivity contribution in [2.45, 2.75) is 13.1 Å². The Kier molecular flexibility index (Phi) is 6.37. The van der Waals surface area contributed by atoms with Crippen LogP contribution < -0.4 is 5.43 Å². The molecule has 3 aromatic rings. The lowest BCUT2D eigenvalue weighted by Gasteiger charge is -2.23. The molecule has 0 saturated heterocycles. The molecule has 0 fully saturated rings. The molecule has 0 aliphatic rings. The van der Waals surface area contributed by atoms with Crippen LogP contribution in [0.25, 0.3) is 0 Å². The zero-order valence-electron chi connectivity index (χ0n) is 14.9. The standard InChI is InChI=1S/C21H18ClN3O3/c22-18-11-12-19(20(13-18)25(27)28)21(26)23-24(14-16-7-3-1-4-8-16)15-17-9-5-2-6-10-17/h1-13H,14-15H2,(H,23,26). The fraction of sp³-hybridized carbons (Fsp3) is 0.0952. The number of nitro groups is 1. The maximum absolute atomic E-state index is 12.8. The second-order valence-corrected chi connectivity index (χ2v) is 6.62. The van der Waals surface area contributed by atoms with Gasteiger partial charge in [-0.3, -0.25) is 20.3 Å². The first kappa shape index (κ1) is 19.5. The van der Waals surface area contributed by atoms with Crippen molar-refractivity contribution < 1.29 is 9.72 Å². The van der Waals surface area contributed by atoms with Crippen molar-refractivity contribution in [2.24, 2.45) is 0 Å². The molecule has 0 unspecified atom stereocenters. The van der Waals surface area contributed by atoms with Crippen LogP contribution in [0.1, 0.15) is 21.5 Å². The van der Waals surface area contributed by atoms with Gasteiger partial charge in [0.2, 0.25) is 0 Å². The third kappa shape index (κ3) is 5.16. The lowest BCUT2D eigenvalue weighted by molar-refractivity contribution is -0.385. The van der Waals surface area contributed by atoms with Gasteiger partial charge in [-0.25, -0.2) is 5.01 Å². The molecule has 0 aliphatic carbocycles. The molecule has 3 rings (SSSR count). The summed E-state index contributed by atoms with van der Waals surface area (Å²) >= 11 is 5.84. The number of hydrazine groups is 1. The molecule has 0 aliphatic heterocycles. The van der Waals surface area contributed by atoms with Gasteiger partial charge in [-0.1, -0.05) is 72.3 Å². The average molecular weight is 396 g/mol. The molecule has 6 nitrogen and oxygen atoms in total. The second-order valence-electron chi connectivity index (χ2n) is 6.19. The van der Waals surface area contributed by atoms with E-state index in [1.807, 2.05) is 60.7 Å². The highest BCUT2D eigenvalue weighted by molar-refractivity contribution is 6.31. The Labute approximate surface area is 167 Å². The summed E-state index contributed by atoms with van der Waals surface area (Å²) in [6.45, 7) is 0.895. The number of halogens is 1. The molecule has 1 N–H and O–H groups in total. The summed E-state index contributed by atoms with van der Waals surface area (Å²) in [5.74, 6) is -0.560. The van der Waals surface area contributed by atoms with Gasteiger partial charge in [-0.05, 0) is 23.3 Å². The largest absolute Gasteiger partial charge is 0.284 e. The van der Waals surface area contributed by atoms with Gasteiger partial charge >= 0.3 is 0 Å². The third-order valence-electron chi connectivity index (χ3n) is 4.09. The summed E-state index contributed by atoms with van der Waals surface area (Å²) in [5.41, 5.74) is 4.43. The van der Waals surface area contributed by atoms with Crippen LogP contribution in [-0.2, 0) is 13.1 Å². The van der Waals surface area contributed by atoms with Gasteiger partial charge < -0.3 is 0 Å². The molecule has 0 radical (unpaired) electrons. The molecular formula is C21H18ClN3O3. The topological polar surface area (TPSA) is 75.5 Å². The number of amides is 1. The van der Waals surface area contributed by atoms with Gasteiger partial charge in [-0.2, -0.15) is 0 Å². The number of rotatable bonds is 7. The maximum Gasteiger partial charge on any atom is 0.283 e. The van der Waals surface area contributed by atoms with Gasteiger partial charge in [0.25, 0.3) is 11.6 Å². The summed E-state index contributed by atoms with van der Waals surface area (Å²) in [4.78, 5) is 23.5. The molecule has 0 aromatic heterocycles. The molecule has 0 bridgehead atoms. The third-order valence-corrected chi connectivity index (χ3v) is 4.33. The predicted octanol–water partition coefficient (Wildman–Crippen LogP) is 4.60. The molecule has 0 atom stereocenters. The molecule has 0 heterocycles. The van der Waals surface area contributed by atoms with Crippen molar-refractivity contribution in [3.63, 3.8) is 0 Å². The molecule has 7 heteroatoms. The highest BCUT2D eigenvalue weighted by Crippen LogP contribution is 2.23. The Balaban J connectivity index is 1.84. The molecule has 3 aromatic carbocycles. The van der Waals surface area contributed by atoms with E-state index in [9.17, 15) is 14.9 Å². The summed E-state index contributed by atoms with van der Waals surface area (Å²) < 4.78 is 0. The summed E-state index contributed by atoms with van der Waals surface area (Å²) in [6, 6.07) is 23.3. The molecule has 0 saturated carbocycles. The lowest BCUT2D eigenvalue weighted by Crippen LogP contribution is -2.41. The van der Waals surface area contributed by atoms with E-state index in [1.165, 1.54) is 18.2 Å². The normalized spacial score (nSPS) is 10.6. The van der Waals surface area contributed by atoms with Crippen molar-refractivity contribution in [3.8, 4) is 0 Å². The first-order chi connectivity index (χ1) is 13.5. The number of benzene rings is 3. The number of hydrogen-bond acceptors (Lipinski definition) is 4. The maximum atomic E-state index is 12.8. The van der Waals surface area contributed by atoms with E-state index in [1.54, 1.807) is 5.01 Å². The van der Waals surface area contributed by atoms with Crippen molar-refractivity contribution in [2.75, 3.05) is 0 Å². The minimum absolute atomic E-state index is 0.0412. The Hall–Kier alpha value is -3.22. The molecule has 1 amide bonds. The number of nitrogens with one attached hydrogen (secondary N) is 1. The van der Waals surface area contributed by atoms with Crippen LogP contribution in [0.2, 0.25) is 5.02 Å². The number of nitro benzene ring substituents is 1. The van der Waals surface area contributed by atoms with E-state index < -0.39 is 10.8 Å². The SMILES string of the molecule is O=C(NN(Cc1ccccc1)Cc1ccccc1)c1ccc(Cl)cc1[N+](=O)[O-]. The van der Waals surface area contributed by atoms with Crippen molar-refractivity contribution in [3.05, 3.63) is 111 Å². The summed E-state index contributed by atoms with van der Waals surface area (Å²) in [6.07, 6.45) is 0. The van der Waals surface area contributed by atoms with Crippen LogP contribution in [0.15, 0.2) is 78.9 Å². The van der Waals surface area contributed by atoms with Crippen LogP contribution in [0.4, 0.5) is 5.69 Å². The number of carbonyl (C=O) groups is 1. The van der Waals surface area contributed by atoms with Gasteiger partial charge in [0.15, 0.2) is 0 Å². The van der Waals surface area contributed by atoms with E-state index in [0.717, 1.165) is 11.1 Å². The first-order valence-electron chi connectivity index (χ1n) is 8.60. The van der Waals surface area contributed by atoms with Crippen molar-refractivity contribution >= 4 is 23.2 Å². The minimum atomic E-state index is -0.612. The van der Waals surface area contributed by atoms with Gasteiger partial charge in [0.1, 0.15) is 5.56 Å². The van der Waals surface area contributed by atoms with Crippen molar-refractivity contribution in [1.82, 2.24) is 10.4 Å². The van der Waals surface area contributed by atoms with E-state index in [0.29, 0.717) is 13.1 Å². The van der Waals surface area contributed by atoms with Crippen LogP contribution in [0.5, 0.6) is 0 Å². The molecule has 28 heavy (non-hydrogen) atoms. The molecule has 142 valence electrons. The van der Waals surface area contributed by atoms with E-state index in [-0.39, 0.29) is 16.3 Å². The van der Waals surface area contributed by atoms with Gasteiger partial charge in [0.05, 0.1) is 4.92 Å². The minimum Gasteiger partial charge on any atom is -0.284 e. The number of carbonyl (C=O) groups excluding carboxylic acids is 1. The number of hydrogen-bond donors (Lipinski definition) is 1. The summed E-state index contributed by atoms with van der Waals surface area (Å²) in [5, 5.41) is 13.2. The fourth-order valence-corrected chi connectivity index (χ4v) is 2.96. The highest BCUT2D eigenvalue weighted by atomic mass is 35.5. The Morgan fingerprint density at radius 3 is 1.96 bits per heavy atom. The quantitative estimate of drug-likeness (QED) is 0.468. The zero-order valence-corrected chi connectivity index (χ0v) is 15.7. The second kappa shape index (κ2) is 9.12. The van der Waals surface area contributed by atoms with Gasteiger partial charge in [0, 0.05) is 24.2 Å². The zero-order chi connectivity index (χ0) is 19.9. The highest BCUT2D eigenvalue weighted by Gasteiger charge is 2.22. The average Bonchev–Trinajstić information content (AvgIpc) is 2.69.